The van der Waals surface area contributed by atoms with Gasteiger partial charge in [0.15, 0.2) is 11.5 Å². The Balaban J connectivity index is 1.28. The van der Waals surface area contributed by atoms with Gasteiger partial charge in [-0.15, -0.1) is 10.2 Å². The van der Waals surface area contributed by atoms with E-state index in [2.05, 4.69) is 15.5 Å². The van der Waals surface area contributed by atoms with E-state index in [1.165, 1.54) is 15.6 Å². The van der Waals surface area contributed by atoms with E-state index in [0.717, 1.165) is 12.0 Å². The van der Waals surface area contributed by atoms with Gasteiger partial charge in [-0.3, -0.25) is 4.79 Å². The molecule has 2 aliphatic rings. The van der Waals surface area contributed by atoms with Crippen molar-refractivity contribution in [1.29, 1.82) is 0 Å². The average Bonchev–Trinajstić information content (AvgIpc) is 3.49. The number of hydrogen-bond donors (Lipinski definition) is 1. The fourth-order valence-corrected chi connectivity index (χ4v) is 6.43. The number of amides is 1. The van der Waals surface area contributed by atoms with Gasteiger partial charge in [0, 0.05) is 30.8 Å². The van der Waals surface area contributed by atoms with E-state index in [-0.39, 0.29) is 23.6 Å². The summed E-state index contributed by atoms with van der Waals surface area (Å²) >= 11 is 1.19. The maximum Gasteiger partial charge on any atom is 0.286 e. The number of ether oxygens (including phenoxy) is 2. The minimum Gasteiger partial charge on any atom is -0.454 e. The van der Waals surface area contributed by atoms with Crippen LogP contribution in [0, 0.1) is 6.92 Å². The fraction of sp³-hybridized carbons (Fsp3) is 0.318. The molecule has 0 unspecified atom stereocenters. The van der Waals surface area contributed by atoms with Crippen LogP contribution in [0.15, 0.2) is 47.4 Å². The smallest absolute Gasteiger partial charge is 0.286 e. The second kappa shape index (κ2) is 8.73. The lowest BCUT2D eigenvalue weighted by Crippen LogP contribution is -2.39. The summed E-state index contributed by atoms with van der Waals surface area (Å²) in [5.74, 6) is 0.720. The molecule has 3 heterocycles. The van der Waals surface area contributed by atoms with Gasteiger partial charge in [-0.2, -0.15) is 4.31 Å². The number of carbonyl (C=O) groups is 1. The number of carbonyl (C=O) groups excluding carboxylic acids is 1. The third kappa shape index (κ3) is 4.43. The summed E-state index contributed by atoms with van der Waals surface area (Å²) in [6, 6.07) is 12.1. The quantitative estimate of drug-likeness (QED) is 0.588. The van der Waals surface area contributed by atoms with Crippen molar-refractivity contribution in [3.63, 3.8) is 0 Å². The first-order chi connectivity index (χ1) is 15.9. The number of anilines is 1. The monoisotopic (exact) mass is 486 g/mol. The van der Waals surface area contributed by atoms with Gasteiger partial charge in [-0.05, 0) is 49.6 Å². The number of benzene rings is 2. The Morgan fingerprint density at radius 1 is 1.15 bits per heavy atom. The molecule has 2 aromatic carbocycles. The zero-order valence-corrected chi connectivity index (χ0v) is 19.5. The summed E-state index contributed by atoms with van der Waals surface area (Å²) in [6.07, 6.45) is 1.51. The van der Waals surface area contributed by atoms with Crippen molar-refractivity contribution >= 4 is 33.0 Å². The number of hydrogen-bond acceptors (Lipinski definition) is 8. The average molecular weight is 487 g/mol. The molecule has 0 aliphatic carbocycles. The van der Waals surface area contributed by atoms with Crippen LogP contribution in [-0.2, 0) is 10.0 Å². The van der Waals surface area contributed by atoms with Crippen molar-refractivity contribution in [3.8, 4) is 11.5 Å². The summed E-state index contributed by atoms with van der Waals surface area (Å²) < 4.78 is 38.4. The zero-order chi connectivity index (χ0) is 23.0. The molecule has 5 rings (SSSR count). The van der Waals surface area contributed by atoms with Crippen LogP contribution < -0.4 is 14.8 Å². The molecule has 2 aliphatic heterocycles. The molecule has 0 spiro atoms. The Kier molecular flexibility index (Phi) is 5.77. The lowest BCUT2D eigenvalue weighted by Gasteiger charge is -2.30. The Morgan fingerprint density at radius 3 is 2.85 bits per heavy atom. The minimum absolute atomic E-state index is 0.108. The summed E-state index contributed by atoms with van der Waals surface area (Å²) in [5, 5.41) is 11.9. The van der Waals surface area contributed by atoms with Crippen molar-refractivity contribution in [2.75, 3.05) is 25.2 Å². The second-order valence-electron chi connectivity index (χ2n) is 7.99. The lowest BCUT2D eigenvalue weighted by atomic mass is 10.0. The normalized spacial score (nSPS) is 18.3. The van der Waals surface area contributed by atoms with Gasteiger partial charge in [0.05, 0.1) is 4.90 Å². The number of nitrogens with one attached hydrogen (secondary N) is 1. The Labute approximate surface area is 195 Å². The Morgan fingerprint density at radius 2 is 2.00 bits per heavy atom. The zero-order valence-electron chi connectivity index (χ0n) is 17.9. The third-order valence-corrected chi connectivity index (χ3v) is 8.57. The van der Waals surface area contributed by atoms with Crippen molar-refractivity contribution in [2.24, 2.45) is 0 Å². The van der Waals surface area contributed by atoms with Gasteiger partial charge in [-0.1, -0.05) is 23.5 Å². The molecule has 33 heavy (non-hydrogen) atoms. The summed E-state index contributed by atoms with van der Waals surface area (Å²) in [5.41, 5.74) is 1.46. The molecule has 1 N–H and O–H groups in total. The molecular formula is C22H22N4O5S2. The molecule has 1 aromatic heterocycles. The highest BCUT2D eigenvalue weighted by molar-refractivity contribution is 7.89. The van der Waals surface area contributed by atoms with Crippen molar-refractivity contribution in [2.45, 2.75) is 30.6 Å². The van der Waals surface area contributed by atoms with E-state index >= 15 is 0 Å². The molecule has 0 bridgehead atoms. The molecule has 172 valence electrons. The Hall–Kier alpha value is -3.02. The maximum absolute atomic E-state index is 13.1. The number of sulfonamides is 1. The SMILES string of the molecule is Cc1cccc(S(=O)(=O)N2CCC[C@H](c3nnc(C(=O)Nc4ccc5c(c4)OCO5)s3)C2)c1. The summed E-state index contributed by atoms with van der Waals surface area (Å²) in [6.45, 7) is 2.80. The predicted molar refractivity (Wildman–Crippen MR) is 122 cm³/mol. The summed E-state index contributed by atoms with van der Waals surface area (Å²) in [4.78, 5) is 13.0. The first-order valence-electron chi connectivity index (χ1n) is 10.5. The van der Waals surface area contributed by atoms with E-state index in [1.807, 2.05) is 13.0 Å². The van der Waals surface area contributed by atoms with Gasteiger partial charge in [0.2, 0.25) is 21.8 Å². The fourth-order valence-electron chi connectivity index (χ4n) is 3.94. The molecule has 3 aromatic rings. The van der Waals surface area contributed by atoms with Crippen molar-refractivity contribution in [1.82, 2.24) is 14.5 Å². The lowest BCUT2D eigenvalue weighted by molar-refractivity contribution is 0.102. The van der Waals surface area contributed by atoms with Gasteiger partial charge in [0.1, 0.15) is 5.01 Å². The molecule has 1 saturated heterocycles. The number of rotatable bonds is 5. The van der Waals surface area contributed by atoms with Crippen LogP contribution in [0.4, 0.5) is 5.69 Å². The van der Waals surface area contributed by atoms with Crippen LogP contribution in [0.5, 0.6) is 11.5 Å². The molecule has 1 fully saturated rings. The third-order valence-electron chi connectivity index (χ3n) is 5.63. The molecule has 11 heteroatoms. The van der Waals surface area contributed by atoms with Gasteiger partial charge in [-0.25, -0.2) is 8.42 Å². The summed E-state index contributed by atoms with van der Waals surface area (Å²) in [7, 11) is -3.59. The molecule has 9 nitrogen and oxygen atoms in total. The number of nitrogens with zero attached hydrogens (tertiary/aromatic N) is 3. The van der Waals surface area contributed by atoms with Crippen molar-refractivity contribution < 1.29 is 22.7 Å². The maximum atomic E-state index is 13.1. The first-order valence-corrected chi connectivity index (χ1v) is 12.8. The first kappa shape index (κ1) is 21.8. The highest BCUT2D eigenvalue weighted by Crippen LogP contribution is 2.35. The predicted octanol–water partition coefficient (Wildman–Crippen LogP) is 3.40. The van der Waals surface area contributed by atoms with Gasteiger partial charge >= 0.3 is 0 Å². The highest BCUT2D eigenvalue weighted by Gasteiger charge is 2.33. The van der Waals surface area contributed by atoms with Crippen LogP contribution in [0.2, 0.25) is 0 Å². The number of aryl methyl sites for hydroxylation is 1. The highest BCUT2D eigenvalue weighted by atomic mass is 32.2. The number of fused-ring (bicyclic) bond motifs is 1. The molecular weight excluding hydrogens is 464 g/mol. The molecule has 0 radical (unpaired) electrons. The van der Waals surface area contributed by atoms with Gasteiger partial charge < -0.3 is 14.8 Å². The van der Waals surface area contributed by atoms with Gasteiger partial charge in [0.25, 0.3) is 5.91 Å². The standard InChI is InChI=1S/C22H22N4O5S2/c1-14-4-2-6-17(10-14)33(28,29)26-9-3-5-15(12-26)21-24-25-22(32-21)20(27)23-16-7-8-18-19(11-16)31-13-30-18/h2,4,6-8,10-11,15H,3,5,9,12-13H2,1H3,(H,23,27)/t15-/m0/s1. The second-order valence-corrected chi connectivity index (χ2v) is 10.9. The number of piperidine rings is 1. The topological polar surface area (TPSA) is 111 Å². The minimum atomic E-state index is -3.59. The number of aromatic nitrogens is 2. The van der Waals surface area contributed by atoms with Crippen LogP contribution in [-0.4, -0.2) is 48.7 Å². The molecule has 1 atom stereocenters. The van der Waals surface area contributed by atoms with Crippen LogP contribution in [0.1, 0.15) is 39.1 Å². The van der Waals surface area contributed by atoms with E-state index in [1.54, 1.807) is 36.4 Å². The van der Waals surface area contributed by atoms with E-state index in [0.29, 0.717) is 46.6 Å². The Bertz CT molecular complexity index is 1310. The van der Waals surface area contributed by atoms with E-state index in [4.69, 9.17) is 9.47 Å². The van der Waals surface area contributed by atoms with E-state index < -0.39 is 10.0 Å². The largest absolute Gasteiger partial charge is 0.454 e. The van der Waals surface area contributed by atoms with E-state index in [9.17, 15) is 13.2 Å². The van der Waals surface area contributed by atoms with Crippen molar-refractivity contribution in [3.05, 3.63) is 58.0 Å². The van der Waals surface area contributed by atoms with Crippen LogP contribution in [0.25, 0.3) is 0 Å². The van der Waals surface area contributed by atoms with Crippen LogP contribution >= 0.6 is 11.3 Å². The molecule has 0 saturated carbocycles. The van der Waals surface area contributed by atoms with Crippen LogP contribution in [0.3, 0.4) is 0 Å². The molecule has 1 amide bonds.